The predicted octanol–water partition coefficient (Wildman–Crippen LogP) is 3.27. The standard InChI is InChI=1S/C17H19NO2/c1-11-3-5-16-13(7-11)9-14(20-16)10-19-17-6-4-12(2)8-15(17)18/h3-8,14H,9-10,18H2,1-2H3. The lowest BCUT2D eigenvalue weighted by Gasteiger charge is -2.14. The highest BCUT2D eigenvalue weighted by Gasteiger charge is 2.23. The van der Waals surface area contributed by atoms with Crippen molar-refractivity contribution in [2.75, 3.05) is 12.3 Å². The summed E-state index contributed by atoms with van der Waals surface area (Å²) in [4.78, 5) is 0. The van der Waals surface area contributed by atoms with Gasteiger partial charge in [0.2, 0.25) is 0 Å². The van der Waals surface area contributed by atoms with E-state index in [1.807, 2.05) is 31.2 Å². The normalized spacial score (nSPS) is 16.6. The summed E-state index contributed by atoms with van der Waals surface area (Å²) in [5.74, 6) is 1.70. The summed E-state index contributed by atoms with van der Waals surface area (Å²) < 4.78 is 11.7. The molecule has 1 atom stereocenters. The van der Waals surface area contributed by atoms with E-state index in [0.717, 1.165) is 23.5 Å². The second-order valence-electron chi connectivity index (χ2n) is 5.41. The fourth-order valence-electron chi connectivity index (χ4n) is 2.52. The lowest BCUT2D eigenvalue weighted by Crippen LogP contribution is -2.22. The molecule has 1 aliphatic rings. The molecule has 0 saturated heterocycles. The molecule has 0 aliphatic carbocycles. The zero-order valence-corrected chi connectivity index (χ0v) is 11.8. The van der Waals surface area contributed by atoms with Crippen LogP contribution in [0.25, 0.3) is 0 Å². The summed E-state index contributed by atoms with van der Waals surface area (Å²) in [7, 11) is 0. The Labute approximate surface area is 119 Å². The molecule has 0 amide bonds. The van der Waals surface area contributed by atoms with E-state index in [0.29, 0.717) is 12.3 Å². The van der Waals surface area contributed by atoms with Gasteiger partial charge in [0.1, 0.15) is 24.2 Å². The first-order valence-corrected chi connectivity index (χ1v) is 6.87. The predicted molar refractivity (Wildman–Crippen MR) is 80.4 cm³/mol. The van der Waals surface area contributed by atoms with Crippen LogP contribution >= 0.6 is 0 Å². The van der Waals surface area contributed by atoms with Crippen molar-refractivity contribution in [1.82, 2.24) is 0 Å². The van der Waals surface area contributed by atoms with Gasteiger partial charge in [-0.15, -0.1) is 0 Å². The van der Waals surface area contributed by atoms with Crippen LogP contribution in [0.15, 0.2) is 36.4 Å². The highest BCUT2D eigenvalue weighted by atomic mass is 16.5. The second-order valence-corrected chi connectivity index (χ2v) is 5.41. The molecule has 3 nitrogen and oxygen atoms in total. The van der Waals surface area contributed by atoms with Crippen LogP contribution in [0.3, 0.4) is 0 Å². The van der Waals surface area contributed by atoms with E-state index in [1.165, 1.54) is 11.1 Å². The Kier molecular flexibility index (Phi) is 3.26. The molecule has 3 heteroatoms. The van der Waals surface area contributed by atoms with Crippen molar-refractivity contribution >= 4 is 5.69 Å². The smallest absolute Gasteiger partial charge is 0.142 e. The molecule has 3 rings (SSSR count). The molecule has 1 heterocycles. The highest BCUT2D eigenvalue weighted by molar-refractivity contribution is 5.54. The van der Waals surface area contributed by atoms with Crippen molar-refractivity contribution in [1.29, 1.82) is 0 Å². The van der Waals surface area contributed by atoms with E-state index >= 15 is 0 Å². The number of hydrogen-bond acceptors (Lipinski definition) is 3. The van der Waals surface area contributed by atoms with Crippen LogP contribution in [0.4, 0.5) is 5.69 Å². The first kappa shape index (κ1) is 12.9. The third kappa shape index (κ3) is 2.57. The monoisotopic (exact) mass is 269 g/mol. The third-order valence-electron chi connectivity index (χ3n) is 3.55. The molecule has 0 fully saturated rings. The van der Waals surface area contributed by atoms with Gasteiger partial charge in [0.05, 0.1) is 5.69 Å². The first-order valence-electron chi connectivity index (χ1n) is 6.87. The fraction of sp³-hybridized carbons (Fsp3) is 0.294. The molecule has 2 aromatic rings. The van der Waals surface area contributed by atoms with Gasteiger partial charge < -0.3 is 15.2 Å². The molecule has 2 N–H and O–H groups in total. The highest BCUT2D eigenvalue weighted by Crippen LogP contribution is 2.30. The van der Waals surface area contributed by atoms with Crippen molar-refractivity contribution in [3.05, 3.63) is 53.1 Å². The quantitative estimate of drug-likeness (QED) is 0.870. The van der Waals surface area contributed by atoms with Crippen molar-refractivity contribution in [2.24, 2.45) is 0 Å². The lowest BCUT2D eigenvalue weighted by atomic mass is 10.1. The van der Waals surface area contributed by atoms with Crippen molar-refractivity contribution < 1.29 is 9.47 Å². The first-order chi connectivity index (χ1) is 9.61. The molecule has 20 heavy (non-hydrogen) atoms. The molecule has 2 aromatic carbocycles. The fourth-order valence-corrected chi connectivity index (χ4v) is 2.52. The molecule has 0 bridgehead atoms. The van der Waals surface area contributed by atoms with Gasteiger partial charge >= 0.3 is 0 Å². The molecular formula is C17H19NO2. The van der Waals surface area contributed by atoms with E-state index in [2.05, 4.69) is 19.1 Å². The Bertz CT molecular complexity index is 637. The molecule has 0 saturated carbocycles. The summed E-state index contributed by atoms with van der Waals surface area (Å²) in [6, 6.07) is 12.1. The van der Waals surface area contributed by atoms with Crippen LogP contribution in [0.2, 0.25) is 0 Å². The van der Waals surface area contributed by atoms with Gasteiger partial charge in [0.15, 0.2) is 0 Å². The SMILES string of the molecule is Cc1ccc(OCC2Cc3cc(C)ccc3O2)c(N)c1. The lowest BCUT2D eigenvalue weighted by molar-refractivity contribution is 0.149. The Balaban J connectivity index is 1.63. The summed E-state index contributed by atoms with van der Waals surface area (Å²) >= 11 is 0. The molecule has 0 aromatic heterocycles. The minimum absolute atomic E-state index is 0.0625. The van der Waals surface area contributed by atoms with E-state index in [4.69, 9.17) is 15.2 Å². The molecule has 0 radical (unpaired) electrons. The van der Waals surface area contributed by atoms with Gasteiger partial charge in [-0.2, -0.15) is 0 Å². The second kappa shape index (κ2) is 5.08. The van der Waals surface area contributed by atoms with Crippen molar-refractivity contribution in [3.63, 3.8) is 0 Å². The van der Waals surface area contributed by atoms with Crippen LogP contribution in [-0.2, 0) is 6.42 Å². The zero-order chi connectivity index (χ0) is 14.1. The average molecular weight is 269 g/mol. The van der Waals surface area contributed by atoms with Gasteiger partial charge in [-0.3, -0.25) is 0 Å². The minimum atomic E-state index is 0.0625. The van der Waals surface area contributed by atoms with Crippen LogP contribution < -0.4 is 15.2 Å². The Morgan fingerprint density at radius 2 is 1.90 bits per heavy atom. The molecular weight excluding hydrogens is 250 g/mol. The number of nitrogen functional groups attached to an aromatic ring is 1. The molecule has 104 valence electrons. The summed E-state index contributed by atoms with van der Waals surface area (Å²) in [5.41, 5.74) is 10.3. The number of ether oxygens (including phenoxy) is 2. The minimum Gasteiger partial charge on any atom is -0.488 e. The summed E-state index contributed by atoms with van der Waals surface area (Å²) in [5, 5.41) is 0. The number of fused-ring (bicyclic) bond motifs is 1. The topological polar surface area (TPSA) is 44.5 Å². The zero-order valence-electron chi connectivity index (χ0n) is 11.8. The maximum absolute atomic E-state index is 5.94. The number of nitrogens with two attached hydrogens (primary N) is 1. The van der Waals surface area contributed by atoms with Crippen LogP contribution in [0, 0.1) is 13.8 Å². The van der Waals surface area contributed by atoms with Crippen molar-refractivity contribution in [3.8, 4) is 11.5 Å². The molecule has 1 unspecified atom stereocenters. The number of benzene rings is 2. The Morgan fingerprint density at radius 1 is 1.15 bits per heavy atom. The Morgan fingerprint density at radius 3 is 2.70 bits per heavy atom. The summed E-state index contributed by atoms with van der Waals surface area (Å²) in [6.07, 6.45) is 0.954. The summed E-state index contributed by atoms with van der Waals surface area (Å²) in [6.45, 7) is 4.62. The van der Waals surface area contributed by atoms with Crippen molar-refractivity contribution in [2.45, 2.75) is 26.4 Å². The van der Waals surface area contributed by atoms with Gasteiger partial charge in [-0.05, 0) is 43.2 Å². The van der Waals surface area contributed by atoms with Crippen LogP contribution in [0.5, 0.6) is 11.5 Å². The number of anilines is 1. The number of hydrogen-bond donors (Lipinski definition) is 1. The Hall–Kier alpha value is -2.16. The third-order valence-corrected chi connectivity index (χ3v) is 3.55. The number of aryl methyl sites for hydroxylation is 2. The van der Waals surface area contributed by atoms with E-state index in [1.54, 1.807) is 0 Å². The number of rotatable bonds is 3. The van der Waals surface area contributed by atoms with Gasteiger partial charge in [-0.25, -0.2) is 0 Å². The van der Waals surface area contributed by atoms with Crippen LogP contribution in [0.1, 0.15) is 16.7 Å². The average Bonchev–Trinajstić information content (AvgIpc) is 2.79. The van der Waals surface area contributed by atoms with Crippen LogP contribution in [-0.4, -0.2) is 12.7 Å². The maximum atomic E-state index is 5.94. The van der Waals surface area contributed by atoms with E-state index in [9.17, 15) is 0 Å². The maximum Gasteiger partial charge on any atom is 0.142 e. The van der Waals surface area contributed by atoms with E-state index in [-0.39, 0.29) is 6.10 Å². The van der Waals surface area contributed by atoms with Gasteiger partial charge in [0, 0.05) is 6.42 Å². The molecule has 0 spiro atoms. The largest absolute Gasteiger partial charge is 0.488 e. The van der Waals surface area contributed by atoms with E-state index < -0.39 is 0 Å². The van der Waals surface area contributed by atoms with Gasteiger partial charge in [0.25, 0.3) is 0 Å². The van der Waals surface area contributed by atoms with Gasteiger partial charge in [-0.1, -0.05) is 23.8 Å². The molecule has 1 aliphatic heterocycles.